The van der Waals surface area contributed by atoms with Gasteiger partial charge in [-0.05, 0) is 48.5 Å². The molecule has 0 aliphatic carbocycles. The molecule has 36 heavy (non-hydrogen) atoms. The van der Waals surface area contributed by atoms with Gasteiger partial charge in [-0.1, -0.05) is 30.3 Å². The molecule has 0 saturated carbocycles. The topological polar surface area (TPSA) is 108 Å². The first-order chi connectivity index (χ1) is 17.6. The normalized spacial score (nSPS) is 11.6. The molecule has 6 aromatic rings. The summed E-state index contributed by atoms with van der Waals surface area (Å²) in [5.74, 6) is 0.696. The van der Waals surface area contributed by atoms with E-state index in [1.807, 2.05) is 59.3 Å². The highest BCUT2D eigenvalue weighted by Crippen LogP contribution is 2.27. The van der Waals surface area contributed by atoms with Gasteiger partial charge in [0, 0.05) is 29.4 Å². The second kappa shape index (κ2) is 8.48. The Kier molecular flexibility index (Phi) is 5.00. The van der Waals surface area contributed by atoms with Gasteiger partial charge in [0.15, 0.2) is 5.76 Å². The minimum absolute atomic E-state index is 0.00499. The van der Waals surface area contributed by atoms with Crippen molar-refractivity contribution in [1.82, 2.24) is 14.2 Å². The van der Waals surface area contributed by atoms with Crippen LogP contribution in [0.1, 0.15) is 5.69 Å². The van der Waals surface area contributed by atoms with Crippen LogP contribution in [0.15, 0.2) is 112 Å². The first-order valence-corrected chi connectivity index (χ1v) is 11.1. The largest absolute Gasteiger partial charge is 0.453 e. The molecule has 0 fully saturated rings. The fraction of sp³-hybridized carbons (Fsp3) is 0. The molecular weight excluding hydrogens is 458 g/mol. The molecular formula is C27H17N5O4. The van der Waals surface area contributed by atoms with Gasteiger partial charge in [-0.2, -0.15) is 9.78 Å². The highest BCUT2D eigenvalue weighted by atomic mass is 16.6. The SMILES string of the molecule is O=c1c2ccccc2nc(-c2cc3ccccc3o2)n1N=Cc1cccn1-c1ccc([N+](=O)[O-])cc1. The summed E-state index contributed by atoms with van der Waals surface area (Å²) in [6.45, 7) is 0. The molecule has 6 rings (SSSR count). The number of nitro benzene ring substituents is 1. The number of fused-ring (bicyclic) bond motifs is 2. The maximum atomic E-state index is 13.5. The highest BCUT2D eigenvalue weighted by molar-refractivity contribution is 5.84. The first kappa shape index (κ1) is 21.2. The van der Waals surface area contributed by atoms with E-state index >= 15 is 0 Å². The molecule has 3 aromatic carbocycles. The van der Waals surface area contributed by atoms with Crippen molar-refractivity contribution in [3.8, 4) is 17.3 Å². The van der Waals surface area contributed by atoms with Crippen molar-refractivity contribution >= 4 is 33.8 Å². The summed E-state index contributed by atoms with van der Waals surface area (Å²) in [5.41, 5.74) is 2.27. The minimum Gasteiger partial charge on any atom is -0.453 e. The molecule has 174 valence electrons. The molecule has 3 aromatic heterocycles. The van der Waals surface area contributed by atoms with Gasteiger partial charge in [0.2, 0.25) is 5.82 Å². The summed E-state index contributed by atoms with van der Waals surface area (Å²) >= 11 is 0. The van der Waals surface area contributed by atoms with Crippen molar-refractivity contribution in [3.05, 3.63) is 123 Å². The van der Waals surface area contributed by atoms with Crippen LogP contribution in [0, 0.1) is 10.1 Å². The number of furan rings is 1. The maximum Gasteiger partial charge on any atom is 0.282 e. The molecule has 9 nitrogen and oxygen atoms in total. The number of hydrogen-bond donors (Lipinski definition) is 0. The number of rotatable bonds is 5. The van der Waals surface area contributed by atoms with Crippen molar-refractivity contribution in [2.24, 2.45) is 5.10 Å². The van der Waals surface area contributed by atoms with Gasteiger partial charge in [-0.25, -0.2) is 4.98 Å². The Bertz CT molecular complexity index is 1810. The van der Waals surface area contributed by atoms with Crippen LogP contribution in [0.4, 0.5) is 5.69 Å². The first-order valence-electron chi connectivity index (χ1n) is 11.1. The van der Waals surface area contributed by atoms with Crippen molar-refractivity contribution in [3.63, 3.8) is 0 Å². The second-order valence-corrected chi connectivity index (χ2v) is 8.04. The van der Waals surface area contributed by atoms with Crippen LogP contribution in [0.5, 0.6) is 0 Å². The van der Waals surface area contributed by atoms with Crippen LogP contribution >= 0.6 is 0 Å². The second-order valence-electron chi connectivity index (χ2n) is 8.04. The van der Waals surface area contributed by atoms with Gasteiger partial charge in [-0.15, -0.1) is 0 Å². The molecule has 9 heteroatoms. The standard InChI is InChI=1S/C27H17N5O4/c33-27-22-8-2-3-9-23(22)29-26(25-16-18-6-1-4-10-24(18)36-25)31(27)28-17-21-7-5-15-30(21)19-11-13-20(14-12-19)32(34)35/h1-17H. The average molecular weight is 475 g/mol. The predicted molar refractivity (Wildman–Crippen MR) is 137 cm³/mol. The number of hydrogen-bond acceptors (Lipinski definition) is 6. The van der Waals surface area contributed by atoms with E-state index < -0.39 is 4.92 Å². The van der Waals surface area contributed by atoms with E-state index in [0.29, 0.717) is 33.6 Å². The lowest BCUT2D eigenvalue weighted by Gasteiger charge is -2.08. The van der Waals surface area contributed by atoms with Gasteiger partial charge in [-0.3, -0.25) is 14.9 Å². The van der Waals surface area contributed by atoms with E-state index in [1.54, 1.807) is 36.5 Å². The van der Waals surface area contributed by atoms with E-state index in [0.717, 1.165) is 5.39 Å². The van der Waals surface area contributed by atoms with Crippen LogP contribution < -0.4 is 5.56 Å². The quantitative estimate of drug-likeness (QED) is 0.189. The Morgan fingerprint density at radius 2 is 1.72 bits per heavy atom. The Hall–Kier alpha value is -5.31. The van der Waals surface area contributed by atoms with Crippen LogP contribution in [0.25, 0.3) is 39.1 Å². The van der Waals surface area contributed by atoms with Crippen molar-refractivity contribution in [2.75, 3.05) is 0 Å². The predicted octanol–water partition coefficient (Wildman–Crippen LogP) is 5.39. The number of nitro groups is 1. The molecule has 0 radical (unpaired) electrons. The third kappa shape index (κ3) is 3.64. The number of benzene rings is 3. The lowest BCUT2D eigenvalue weighted by molar-refractivity contribution is -0.384. The Balaban J connectivity index is 1.48. The van der Waals surface area contributed by atoms with Gasteiger partial charge >= 0.3 is 0 Å². The zero-order valence-electron chi connectivity index (χ0n) is 18.7. The summed E-state index contributed by atoms with van der Waals surface area (Å²) in [4.78, 5) is 28.7. The van der Waals surface area contributed by atoms with Gasteiger partial charge < -0.3 is 8.98 Å². The average Bonchev–Trinajstić information content (AvgIpc) is 3.55. The summed E-state index contributed by atoms with van der Waals surface area (Å²) in [6, 6.07) is 26.3. The van der Waals surface area contributed by atoms with E-state index in [4.69, 9.17) is 9.40 Å². The lowest BCUT2D eigenvalue weighted by atomic mass is 10.2. The molecule has 0 unspecified atom stereocenters. The molecule has 0 saturated heterocycles. The molecule has 3 heterocycles. The van der Waals surface area contributed by atoms with Crippen LogP contribution in [0.3, 0.4) is 0 Å². The number of non-ortho nitro benzene ring substituents is 1. The zero-order chi connectivity index (χ0) is 24.6. The number of nitrogens with zero attached hydrogens (tertiary/aromatic N) is 5. The van der Waals surface area contributed by atoms with Crippen molar-refractivity contribution < 1.29 is 9.34 Å². The van der Waals surface area contributed by atoms with Crippen molar-refractivity contribution in [2.45, 2.75) is 0 Å². The molecule has 0 amide bonds. The molecule has 0 spiro atoms. The summed E-state index contributed by atoms with van der Waals surface area (Å²) < 4.78 is 9.05. The Labute approximate surface area is 203 Å². The Morgan fingerprint density at radius 1 is 0.944 bits per heavy atom. The molecule has 0 bridgehead atoms. The highest BCUT2D eigenvalue weighted by Gasteiger charge is 2.16. The van der Waals surface area contributed by atoms with Gasteiger partial charge in [0.05, 0.1) is 27.7 Å². The third-order valence-corrected chi connectivity index (χ3v) is 5.82. The minimum atomic E-state index is -0.444. The van der Waals surface area contributed by atoms with E-state index in [2.05, 4.69) is 5.10 Å². The van der Waals surface area contributed by atoms with Crippen molar-refractivity contribution in [1.29, 1.82) is 0 Å². The van der Waals surface area contributed by atoms with E-state index in [1.165, 1.54) is 16.8 Å². The number of aromatic nitrogens is 3. The van der Waals surface area contributed by atoms with Crippen LogP contribution in [-0.4, -0.2) is 25.4 Å². The van der Waals surface area contributed by atoms with Gasteiger partial charge in [0.1, 0.15) is 5.58 Å². The van der Waals surface area contributed by atoms with E-state index in [9.17, 15) is 14.9 Å². The third-order valence-electron chi connectivity index (χ3n) is 5.82. The molecule has 0 aliphatic heterocycles. The smallest absolute Gasteiger partial charge is 0.282 e. The van der Waals surface area contributed by atoms with Gasteiger partial charge in [0.25, 0.3) is 11.2 Å². The monoisotopic (exact) mass is 475 g/mol. The zero-order valence-corrected chi connectivity index (χ0v) is 18.7. The maximum absolute atomic E-state index is 13.5. The van der Waals surface area contributed by atoms with E-state index in [-0.39, 0.29) is 17.1 Å². The molecule has 0 atom stereocenters. The fourth-order valence-corrected chi connectivity index (χ4v) is 4.07. The molecule has 0 N–H and O–H groups in total. The number of para-hydroxylation sites is 2. The fourth-order valence-electron chi connectivity index (χ4n) is 4.07. The van der Waals surface area contributed by atoms with Crippen LogP contribution in [0.2, 0.25) is 0 Å². The van der Waals surface area contributed by atoms with Crippen LogP contribution in [-0.2, 0) is 0 Å². The summed E-state index contributed by atoms with van der Waals surface area (Å²) in [7, 11) is 0. The summed E-state index contributed by atoms with van der Waals surface area (Å²) in [5, 5.41) is 16.8. The Morgan fingerprint density at radius 3 is 2.53 bits per heavy atom. The molecule has 0 aliphatic rings. The summed E-state index contributed by atoms with van der Waals surface area (Å²) in [6.07, 6.45) is 3.36. The lowest BCUT2D eigenvalue weighted by Crippen LogP contribution is -2.20.